The molecule has 1 atom stereocenters. The van der Waals surface area contributed by atoms with Crippen LogP contribution in [0, 0.1) is 0 Å². The van der Waals surface area contributed by atoms with Crippen molar-refractivity contribution in [3.05, 3.63) is 31.9 Å². The molecule has 0 fully saturated rings. The Balaban J connectivity index is 2.09. The second-order valence-corrected chi connectivity index (χ2v) is 6.51. The van der Waals surface area contributed by atoms with E-state index in [4.69, 9.17) is 0 Å². The van der Waals surface area contributed by atoms with Crippen molar-refractivity contribution >= 4 is 38.8 Å². The molecule has 6 heteroatoms. The van der Waals surface area contributed by atoms with E-state index in [1.807, 2.05) is 5.38 Å². The third kappa shape index (κ3) is 3.10. The second kappa shape index (κ2) is 5.86. The Morgan fingerprint density at radius 1 is 1.50 bits per heavy atom. The van der Waals surface area contributed by atoms with Gasteiger partial charge in [-0.05, 0) is 46.1 Å². The maximum atomic E-state index is 4.14. The highest BCUT2D eigenvalue weighted by molar-refractivity contribution is 9.11. The second-order valence-electron chi connectivity index (χ2n) is 3.35. The number of likely N-dealkylation sites (N-methyl/N-ethyl adjacent to an activating group) is 1. The Morgan fingerprint density at radius 3 is 2.94 bits per heavy atom. The summed E-state index contributed by atoms with van der Waals surface area (Å²) in [4.78, 5) is 1.35. The van der Waals surface area contributed by atoms with Gasteiger partial charge < -0.3 is 5.32 Å². The van der Waals surface area contributed by atoms with Gasteiger partial charge in [-0.3, -0.25) is 0 Å². The number of thiophene rings is 1. The van der Waals surface area contributed by atoms with Gasteiger partial charge in [0.05, 0.1) is 15.5 Å². The number of halogens is 1. The van der Waals surface area contributed by atoms with E-state index >= 15 is 0 Å². The molecule has 16 heavy (non-hydrogen) atoms. The molecule has 0 amide bonds. The standard InChI is InChI=1S/C10H12BrN3S2/c1-2-12-8(9-6-15-14-13-9)5-7-3-4-10(11)16-7/h3-4,6,8,12H,2,5H2,1H3. The number of nitrogens with one attached hydrogen (secondary N) is 1. The molecule has 0 spiro atoms. The number of hydrogen-bond acceptors (Lipinski definition) is 5. The van der Waals surface area contributed by atoms with Crippen LogP contribution in [0.1, 0.15) is 23.5 Å². The van der Waals surface area contributed by atoms with E-state index in [1.165, 1.54) is 20.2 Å². The minimum Gasteiger partial charge on any atom is -0.309 e. The molecule has 0 saturated carbocycles. The predicted molar refractivity (Wildman–Crippen MR) is 72.0 cm³/mol. The molecule has 1 unspecified atom stereocenters. The van der Waals surface area contributed by atoms with Crippen molar-refractivity contribution in [2.75, 3.05) is 6.54 Å². The lowest BCUT2D eigenvalue weighted by Crippen LogP contribution is -2.23. The summed E-state index contributed by atoms with van der Waals surface area (Å²) in [6.45, 7) is 3.05. The fraction of sp³-hybridized carbons (Fsp3) is 0.400. The van der Waals surface area contributed by atoms with Gasteiger partial charge in [0.2, 0.25) is 0 Å². The van der Waals surface area contributed by atoms with Crippen LogP contribution in [0.3, 0.4) is 0 Å². The van der Waals surface area contributed by atoms with Crippen LogP contribution in [0.2, 0.25) is 0 Å². The van der Waals surface area contributed by atoms with Crippen molar-refractivity contribution < 1.29 is 0 Å². The van der Waals surface area contributed by atoms with Crippen LogP contribution in [0.15, 0.2) is 21.3 Å². The van der Waals surface area contributed by atoms with Crippen molar-refractivity contribution in [3.8, 4) is 0 Å². The van der Waals surface area contributed by atoms with Crippen LogP contribution in [-0.4, -0.2) is 16.1 Å². The molecule has 0 bridgehead atoms. The van der Waals surface area contributed by atoms with Gasteiger partial charge in [-0.1, -0.05) is 11.4 Å². The third-order valence-electron chi connectivity index (χ3n) is 2.22. The monoisotopic (exact) mass is 317 g/mol. The molecule has 86 valence electrons. The lowest BCUT2D eigenvalue weighted by Gasteiger charge is -2.13. The maximum absolute atomic E-state index is 4.14. The van der Waals surface area contributed by atoms with Crippen molar-refractivity contribution in [2.45, 2.75) is 19.4 Å². The van der Waals surface area contributed by atoms with Crippen molar-refractivity contribution in [1.29, 1.82) is 0 Å². The smallest absolute Gasteiger partial charge is 0.0928 e. The average Bonchev–Trinajstić information content (AvgIpc) is 2.88. The molecule has 0 saturated heterocycles. The van der Waals surface area contributed by atoms with Crippen LogP contribution < -0.4 is 5.32 Å². The lowest BCUT2D eigenvalue weighted by atomic mass is 10.1. The summed E-state index contributed by atoms with van der Waals surface area (Å²) in [5.74, 6) is 0. The first-order valence-electron chi connectivity index (χ1n) is 5.04. The van der Waals surface area contributed by atoms with Gasteiger partial charge in [0.25, 0.3) is 0 Å². The van der Waals surface area contributed by atoms with Crippen LogP contribution in [0.5, 0.6) is 0 Å². The van der Waals surface area contributed by atoms with Crippen molar-refractivity contribution in [2.24, 2.45) is 0 Å². The Labute approximate surface area is 111 Å². The summed E-state index contributed by atoms with van der Waals surface area (Å²) in [6, 6.07) is 4.51. The molecule has 2 rings (SSSR count). The molecular weight excluding hydrogens is 306 g/mol. The summed E-state index contributed by atoms with van der Waals surface area (Å²) >= 11 is 6.66. The summed E-state index contributed by atoms with van der Waals surface area (Å²) in [5, 5.41) is 9.59. The topological polar surface area (TPSA) is 37.8 Å². The van der Waals surface area contributed by atoms with Crippen molar-refractivity contribution in [1.82, 2.24) is 14.9 Å². The fourth-order valence-electron chi connectivity index (χ4n) is 1.51. The molecule has 2 aromatic rings. The number of rotatable bonds is 5. The zero-order chi connectivity index (χ0) is 11.4. The summed E-state index contributed by atoms with van der Waals surface area (Å²) < 4.78 is 5.09. The first-order valence-corrected chi connectivity index (χ1v) is 7.48. The van der Waals surface area contributed by atoms with E-state index in [9.17, 15) is 0 Å². The molecule has 0 aliphatic rings. The highest BCUT2D eigenvalue weighted by atomic mass is 79.9. The SMILES string of the molecule is CCNC(Cc1ccc(Br)s1)c1csnn1. The third-order valence-corrected chi connectivity index (χ3v) is 4.39. The predicted octanol–water partition coefficient (Wildman–Crippen LogP) is 3.26. The molecule has 0 aromatic carbocycles. The largest absolute Gasteiger partial charge is 0.309 e. The number of hydrogen-bond donors (Lipinski definition) is 1. The molecule has 2 aromatic heterocycles. The highest BCUT2D eigenvalue weighted by Gasteiger charge is 2.14. The van der Waals surface area contributed by atoms with Gasteiger partial charge in [-0.2, -0.15) is 0 Å². The van der Waals surface area contributed by atoms with Crippen LogP contribution in [-0.2, 0) is 6.42 Å². The Bertz CT molecular complexity index is 427. The normalized spacial score (nSPS) is 12.9. The van der Waals surface area contributed by atoms with E-state index in [2.05, 4.69) is 49.9 Å². The van der Waals surface area contributed by atoms with Crippen molar-refractivity contribution in [3.63, 3.8) is 0 Å². The number of nitrogens with zero attached hydrogens (tertiary/aromatic N) is 2. The molecule has 0 aliphatic heterocycles. The Morgan fingerprint density at radius 2 is 2.38 bits per heavy atom. The van der Waals surface area contributed by atoms with E-state index in [1.54, 1.807) is 11.3 Å². The van der Waals surface area contributed by atoms with Gasteiger partial charge in [0.1, 0.15) is 0 Å². The first-order chi connectivity index (χ1) is 7.79. The summed E-state index contributed by atoms with van der Waals surface area (Å²) in [7, 11) is 0. The Hall–Kier alpha value is -0.300. The molecule has 0 radical (unpaired) electrons. The fourth-order valence-corrected chi connectivity index (χ4v) is 3.55. The molecule has 3 nitrogen and oxygen atoms in total. The van der Waals surface area contributed by atoms with Gasteiger partial charge >= 0.3 is 0 Å². The van der Waals surface area contributed by atoms with E-state index in [0.29, 0.717) is 0 Å². The van der Waals surface area contributed by atoms with Gasteiger partial charge in [0, 0.05) is 16.7 Å². The number of aromatic nitrogens is 2. The molecular formula is C10H12BrN3S2. The molecule has 2 heterocycles. The van der Waals surface area contributed by atoms with Gasteiger partial charge in [-0.15, -0.1) is 16.4 Å². The van der Waals surface area contributed by atoms with E-state index in [0.717, 1.165) is 18.7 Å². The highest BCUT2D eigenvalue weighted by Crippen LogP contribution is 2.26. The Kier molecular flexibility index (Phi) is 4.45. The van der Waals surface area contributed by atoms with E-state index < -0.39 is 0 Å². The van der Waals surface area contributed by atoms with Gasteiger partial charge in [0.15, 0.2) is 0 Å². The zero-order valence-corrected chi connectivity index (χ0v) is 12.0. The molecule has 1 N–H and O–H groups in total. The quantitative estimate of drug-likeness (QED) is 0.919. The summed E-state index contributed by atoms with van der Waals surface area (Å²) in [5.41, 5.74) is 1.04. The van der Waals surface area contributed by atoms with Crippen LogP contribution >= 0.6 is 38.8 Å². The minimum atomic E-state index is 0.272. The minimum absolute atomic E-state index is 0.272. The zero-order valence-electron chi connectivity index (χ0n) is 8.81. The van der Waals surface area contributed by atoms with Crippen LogP contribution in [0.25, 0.3) is 0 Å². The van der Waals surface area contributed by atoms with Crippen LogP contribution in [0.4, 0.5) is 0 Å². The molecule has 0 aliphatic carbocycles. The average molecular weight is 318 g/mol. The summed E-state index contributed by atoms with van der Waals surface area (Å²) in [6.07, 6.45) is 0.968. The lowest BCUT2D eigenvalue weighted by molar-refractivity contribution is 0.539. The maximum Gasteiger partial charge on any atom is 0.0928 e. The van der Waals surface area contributed by atoms with E-state index in [-0.39, 0.29) is 6.04 Å². The van der Waals surface area contributed by atoms with Gasteiger partial charge in [-0.25, -0.2) is 0 Å². The first kappa shape index (κ1) is 12.2.